The molecule has 0 aliphatic heterocycles. The Morgan fingerprint density at radius 1 is 1.30 bits per heavy atom. The van der Waals surface area contributed by atoms with Crippen molar-refractivity contribution in [3.05, 3.63) is 59.4 Å². The van der Waals surface area contributed by atoms with Crippen molar-refractivity contribution in [3.8, 4) is 5.75 Å². The van der Waals surface area contributed by atoms with Gasteiger partial charge < -0.3 is 14.6 Å². The Hall–Kier alpha value is -2.82. The molecule has 0 bridgehead atoms. The van der Waals surface area contributed by atoms with Gasteiger partial charge in [-0.15, -0.1) is 0 Å². The van der Waals surface area contributed by atoms with Crippen LogP contribution in [-0.2, 0) is 17.6 Å². The Morgan fingerprint density at radius 2 is 2.15 bits per heavy atom. The number of nitrogens with zero attached hydrogens (tertiary/aromatic N) is 2. The largest absolute Gasteiger partial charge is 0.497 e. The minimum Gasteiger partial charge on any atom is -0.497 e. The van der Waals surface area contributed by atoms with Crippen LogP contribution in [0.2, 0.25) is 0 Å². The summed E-state index contributed by atoms with van der Waals surface area (Å²) in [5.41, 5.74) is 4.63. The van der Waals surface area contributed by atoms with Crippen LogP contribution < -0.4 is 4.74 Å². The number of imidazole rings is 1. The van der Waals surface area contributed by atoms with E-state index in [9.17, 15) is 4.79 Å². The van der Waals surface area contributed by atoms with E-state index in [1.54, 1.807) is 7.11 Å². The number of aromatic amines is 1. The Labute approximate surface area is 159 Å². The molecule has 0 saturated carbocycles. The lowest BCUT2D eigenvalue weighted by Crippen LogP contribution is -2.30. The van der Waals surface area contributed by atoms with Crippen molar-refractivity contribution in [1.29, 1.82) is 0 Å². The Kier molecular flexibility index (Phi) is 4.84. The number of benzene rings is 2. The molecule has 1 atom stereocenters. The molecule has 1 aliphatic carbocycles. The maximum atomic E-state index is 12.7. The van der Waals surface area contributed by atoms with Crippen molar-refractivity contribution in [2.24, 2.45) is 0 Å². The zero-order chi connectivity index (χ0) is 18.8. The smallest absolute Gasteiger partial charge is 0.222 e. The molecule has 1 unspecified atom stereocenters. The fraction of sp³-hybridized carbons (Fsp3) is 0.364. The summed E-state index contributed by atoms with van der Waals surface area (Å²) >= 11 is 0. The number of likely N-dealkylation sites (N-methyl/N-ethyl adjacent to an activating group) is 1. The quantitative estimate of drug-likeness (QED) is 0.727. The summed E-state index contributed by atoms with van der Waals surface area (Å²) in [6, 6.07) is 14.3. The van der Waals surface area contributed by atoms with E-state index in [4.69, 9.17) is 4.74 Å². The van der Waals surface area contributed by atoms with Gasteiger partial charge in [-0.05, 0) is 42.0 Å². The van der Waals surface area contributed by atoms with E-state index in [0.29, 0.717) is 25.3 Å². The van der Waals surface area contributed by atoms with Gasteiger partial charge in [0.2, 0.25) is 5.91 Å². The monoisotopic (exact) mass is 363 g/mol. The third-order valence-electron chi connectivity index (χ3n) is 5.53. The number of hydrogen-bond donors (Lipinski definition) is 1. The maximum absolute atomic E-state index is 12.7. The van der Waals surface area contributed by atoms with Crippen molar-refractivity contribution in [2.45, 2.75) is 31.6 Å². The Morgan fingerprint density at radius 3 is 3.00 bits per heavy atom. The number of H-pyrrole nitrogens is 1. The van der Waals surface area contributed by atoms with Crippen molar-refractivity contribution in [1.82, 2.24) is 14.9 Å². The van der Waals surface area contributed by atoms with Gasteiger partial charge in [0.15, 0.2) is 0 Å². The van der Waals surface area contributed by atoms with Crippen LogP contribution in [0.1, 0.15) is 35.7 Å². The normalized spacial score (nSPS) is 15.7. The first-order valence-corrected chi connectivity index (χ1v) is 9.48. The molecule has 3 aromatic rings. The van der Waals surface area contributed by atoms with Gasteiger partial charge in [0, 0.05) is 32.5 Å². The average molecular weight is 363 g/mol. The molecule has 1 aliphatic rings. The van der Waals surface area contributed by atoms with E-state index in [0.717, 1.165) is 35.4 Å². The van der Waals surface area contributed by atoms with Gasteiger partial charge >= 0.3 is 0 Å². The summed E-state index contributed by atoms with van der Waals surface area (Å²) < 4.78 is 5.25. The highest BCUT2D eigenvalue weighted by atomic mass is 16.5. The topological polar surface area (TPSA) is 58.2 Å². The van der Waals surface area contributed by atoms with E-state index >= 15 is 0 Å². The number of methoxy groups -OCH3 is 1. The number of carbonyl (C=O) groups is 1. The summed E-state index contributed by atoms with van der Waals surface area (Å²) in [6.45, 7) is 0.657. The van der Waals surface area contributed by atoms with E-state index in [2.05, 4.69) is 34.2 Å². The van der Waals surface area contributed by atoms with Crippen LogP contribution in [0.5, 0.6) is 5.75 Å². The maximum Gasteiger partial charge on any atom is 0.222 e. The fourth-order valence-corrected chi connectivity index (χ4v) is 3.91. The molecule has 1 aromatic heterocycles. The zero-order valence-electron chi connectivity index (χ0n) is 15.9. The molecule has 1 amide bonds. The second-order valence-corrected chi connectivity index (χ2v) is 7.27. The summed E-state index contributed by atoms with van der Waals surface area (Å²) in [4.78, 5) is 22.4. The van der Waals surface area contributed by atoms with Gasteiger partial charge in [-0.1, -0.05) is 24.3 Å². The van der Waals surface area contributed by atoms with Crippen LogP contribution >= 0.6 is 0 Å². The van der Waals surface area contributed by atoms with Gasteiger partial charge in [-0.25, -0.2) is 4.98 Å². The molecule has 1 N–H and O–H groups in total. The predicted molar refractivity (Wildman–Crippen MR) is 106 cm³/mol. The molecule has 0 radical (unpaired) electrons. The van der Waals surface area contributed by atoms with Crippen LogP contribution in [0.25, 0.3) is 11.0 Å². The molecule has 140 valence electrons. The minimum atomic E-state index is 0.203. The predicted octanol–water partition coefficient (Wildman–Crippen LogP) is 3.69. The number of hydrogen-bond acceptors (Lipinski definition) is 3. The zero-order valence-corrected chi connectivity index (χ0v) is 15.9. The molecule has 4 rings (SSSR count). The highest BCUT2D eigenvalue weighted by molar-refractivity contribution is 5.78. The number of aromatic nitrogens is 2. The van der Waals surface area contributed by atoms with Crippen LogP contribution in [-0.4, -0.2) is 41.5 Å². The van der Waals surface area contributed by atoms with Gasteiger partial charge in [0.1, 0.15) is 11.6 Å². The van der Waals surface area contributed by atoms with Crippen molar-refractivity contribution in [3.63, 3.8) is 0 Å². The number of nitrogens with one attached hydrogen (secondary N) is 1. The number of amides is 1. The van der Waals surface area contributed by atoms with Crippen LogP contribution in [0.4, 0.5) is 0 Å². The average Bonchev–Trinajstić information content (AvgIpc) is 3.29. The molecular weight excluding hydrogens is 338 g/mol. The second kappa shape index (κ2) is 7.43. The number of aryl methyl sites for hydroxylation is 1. The number of ether oxygens (including phenoxy) is 1. The summed E-state index contributed by atoms with van der Waals surface area (Å²) in [5, 5.41) is 0. The third-order valence-corrected chi connectivity index (χ3v) is 5.53. The third kappa shape index (κ3) is 3.68. The number of carbonyl (C=O) groups excluding carboxylic acids is 1. The fourth-order valence-electron chi connectivity index (χ4n) is 3.91. The minimum absolute atomic E-state index is 0.203. The van der Waals surface area contributed by atoms with Crippen LogP contribution in [0.15, 0.2) is 42.5 Å². The highest BCUT2D eigenvalue weighted by Crippen LogP contribution is 2.35. The molecule has 5 heteroatoms. The first-order chi connectivity index (χ1) is 13.1. The lowest BCUT2D eigenvalue weighted by molar-refractivity contribution is -0.130. The number of rotatable bonds is 6. The van der Waals surface area contributed by atoms with Crippen molar-refractivity contribution >= 4 is 16.9 Å². The first kappa shape index (κ1) is 17.6. The summed E-state index contributed by atoms with van der Waals surface area (Å²) in [5.74, 6) is 2.26. The molecule has 5 nitrogen and oxygen atoms in total. The molecular formula is C22H25N3O2. The SMILES string of the molecule is COc1ccc2nc(CCN(C)C(=O)CC3CCc4ccccc43)[nH]c2c1. The van der Waals surface area contributed by atoms with E-state index in [1.807, 2.05) is 30.1 Å². The molecule has 1 heterocycles. The highest BCUT2D eigenvalue weighted by Gasteiger charge is 2.25. The van der Waals surface area contributed by atoms with E-state index in [1.165, 1.54) is 11.1 Å². The van der Waals surface area contributed by atoms with Gasteiger partial charge in [-0.2, -0.15) is 0 Å². The Bertz CT molecular complexity index is 963. The van der Waals surface area contributed by atoms with Gasteiger partial charge in [0.05, 0.1) is 18.1 Å². The van der Waals surface area contributed by atoms with Crippen LogP contribution in [0, 0.1) is 0 Å². The molecule has 27 heavy (non-hydrogen) atoms. The summed E-state index contributed by atoms with van der Waals surface area (Å²) in [6.07, 6.45) is 3.45. The lowest BCUT2D eigenvalue weighted by atomic mass is 9.97. The van der Waals surface area contributed by atoms with Crippen LogP contribution in [0.3, 0.4) is 0 Å². The van der Waals surface area contributed by atoms with E-state index < -0.39 is 0 Å². The van der Waals surface area contributed by atoms with Gasteiger partial charge in [-0.3, -0.25) is 4.79 Å². The Balaban J connectivity index is 1.35. The standard InChI is InChI=1S/C22H25N3O2/c1-25(22(26)13-16-8-7-15-5-3-4-6-18(15)16)12-11-21-23-19-10-9-17(27-2)14-20(19)24-21/h3-6,9-10,14,16H,7-8,11-13H2,1-2H3,(H,23,24). The summed E-state index contributed by atoms with van der Waals surface area (Å²) in [7, 11) is 3.54. The molecule has 0 saturated heterocycles. The lowest BCUT2D eigenvalue weighted by Gasteiger charge is -2.19. The first-order valence-electron chi connectivity index (χ1n) is 9.48. The van der Waals surface area contributed by atoms with Gasteiger partial charge in [0.25, 0.3) is 0 Å². The van der Waals surface area contributed by atoms with Crippen molar-refractivity contribution < 1.29 is 9.53 Å². The second-order valence-electron chi connectivity index (χ2n) is 7.27. The van der Waals surface area contributed by atoms with E-state index in [-0.39, 0.29) is 5.91 Å². The molecule has 0 fully saturated rings. The van der Waals surface area contributed by atoms with Crippen molar-refractivity contribution in [2.75, 3.05) is 20.7 Å². The molecule has 0 spiro atoms. The molecule has 2 aromatic carbocycles. The number of fused-ring (bicyclic) bond motifs is 2.